The number of halogens is 1. The molecule has 29 heavy (non-hydrogen) atoms. The van der Waals surface area contributed by atoms with Gasteiger partial charge in [0.15, 0.2) is 0 Å². The summed E-state index contributed by atoms with van der Waals surface area (Å²) in [4.78, 5) is 26.3. The summed E-state index contributed by atoms with van der Waals surface area (Å²) in [6, 6.07) is 13.6. The minimum absolute atomic E-state index is 0.0165. The molecule has 0 aliphatic heterocycles. The number of amides is 3. The predicted molar refractivity (Wildman–Crippen MR) is 111 cm³/mol. The van der Waals surface area contributed by atoms with Crippen molar-refractivity contribution in [2.75, 3.05) is 19.6 Å². The molecule has 1 aliphatic rings. The van der Waals surface area contributed by atoms with Crippen LogP contribution >= 0.6 is 0 Å². The van der Waals surface area contributed by atoms with Crippen LogP contribution in [0.25, 0.3) is 0 Å². The summed E-state index contributed by atoms with van der Waals surface area (Å²) in [5.74, 6) is -0.233. The molecule has 5 nitrogen and oxygen atoms in total. The fraction of sp³-hybridized carbons (Fsp3) is 0.391. The molecule has 0 unspecified atom stereocenters. The predicted octanol–water partition coefficient (Wildman–Crippen LogP) is 3.84. The van der Waals surface area contributed by atoms with E-state index in [9.17, 15) is 14.0 Å². The van der Waals surface area contributed by atoms with Crippen LogP contribution in [-0.2, 0) is 12.0 Å². The molecule has 0 saturated heterocycles. The average molecular weight is 397 g/mol. The Kier molecular flexibility index (Phi) is 6.52. The maximum Gasteiger partial charge on any atom is 0.315 e. The summed E-state index contributed by atoms with van der Waals surface area (Å²) in [6.07, 6.45) is 1.97. The largest absolute Gasteiger partial charge is 0.339 e. The molecule has 2 N–H and O–H groups in total. The molecule has 1 fully saturated rings. The fourth-order valence-corrected chi connectivity index (χ4v) is 3.47. The first-order chi connectivity index (χ1) is 14.0. The van der Waals surface area contributed by atoms with Crippen LogP contribution < -0.4 is 10.6 Å². The van der Waals surface area contributed by atoms with Gasteiger partial charge in [-0.2, -0.15) is 0 Å². The van der Waals surface area contributed by atoms with Crippen molar-refractivity contribution in [2.45, 2.75) is 38.6 Å². The standard InChI is InChI=1S/C23H28FN3O2/c1-3-27(4-2)21(28)18-7-5-17(6-8-18)15-25-22(29)26-16-23(13-14-23)19-9-11-20(24)12-10-19/h5-12H,3-4,13-16H2,1-2H3,(H2,25,26,29). The monoisotopic (exact) mass is 397 g/mol. The van der Waals surface area contributed by atoms with Crippen molar-refractivity contribution in [1.29, 1.82) is 0 Å². The summed E-state index contributed by atoms with van der Waals surface area (Å²) >= 11 is 0. The zero-order valence-electron chi connectivity index (χ0n) is 17.0. The Morgan fingerprint density at radius 3 is 2.14 bits per heavy atom. The van der Waals surface area contributed by atoms with E-state index in [1.807, 2.05) is 26.0 Å². The van der Waals surface area contributed by atoms with E-state index in [-0.39, 0.29) is 23.2 Å². The summed E-state index contributed by atoms with van der Waals surface area (Å²) in [5.41, 5.74) is 2.57. The second kappa shape index (κ2) is 9.07. The highest BCUT2D eigenvalue weighted by atomic mass is 19.1. The number of hydrogen-bond acceptors (Lipinski definition) is 2. The molecule has 2 aromatic carbocycles. The Morgan fingerprint density at radius 1 is 0.966 bits per heavy atom. The van der Waals surface area contributed by atoms with Gasteiger partial charge in [-0.05, 0) is 62.1 Å². The Bertz CT molecular complexity index is 841. The molecule has 0 spiro atoms. The highest BCUT2D eigenvalue weighted by molar-refractivity contribution is 5.94. The van der Waals surface area contributed by atoms with Crippen molar-refractivity contribution < 1.29 is 14.0 Å². The minimum Gasteiger partial charge on any atom is -0.339 e. The van der Waals surface area contributed by atoms with E-state index in [4.69, 9.17) is 0 Å². The highest BCUT2D eigenvalue weighted by Crippen LogP contribution is 2.47. The van der Waals surface area contributed by atoms with Gasteiger partial charge in [0, 0.05) is 37.2 Å². The van der Waals surface area contributed by atoms with E-state index in [0.717, 1.165) is 24.0 Å². The van der Waals surface area contributed by atoms with Gasteiger partial charge in [0.1, 0.15) is 5.82 Å². The van der Waals surface area contributed by atoms with Crippen LogP contribution in [0, 0.1) is 5.82 Å². The number of benzene rings is 2. The third kappa shape index (κ3) is 5.13. The number of urea groups is 1. The molecule has 2 aromatic rings. The van der Waals surface area contributed by atoms with Crippen LogP contribution in [0.4, 0.5) is 9.18 Å². The van der Waals surface area contributed by atoms with Crippen molar-refractivity contribution in [1.82, 2.24) is 15.5 Å². The number of carbonyl (C=O) groups excluding carboxylic acids is 2. The Balaban J connectivity index is 1.47. The molecule has 0 bridgehead atoms. The molecule has 1 saturated carbocycles. The number of nitrogens with one attached hydrogen (secondary N) is 2. The lowest BCUT2D eigenvalue weighted by Crippen LogP contribution is -2.39. The highest BCUT2D eigenvalue weighted by Gasteiger charge is 2.44. The second-order valence-corrected chi connectivity index (χ2v) is 7.50. The molecule has 0 aromatic heterocycles. The third-order valence-electron chi connectivity index (χ3n) is 5.60. The first-order valence-electron chi connectivity index (χ1n) is 10.1. The Hall–Kier alpha value is -2.89. The molecule has 3 amide bonds. The van der Waals surface area contributed by atoms with Gasteiger partial charge < -0.3 is 15.5 Å². The Morgan fingerprint density at radius 2 is 1.59 bits per heavy atom. The van der Waals surface area contributed by atoms with Crippen molar-refractivity contribution in [2.24, 2.45) is 0 Å². The van der Waals surface area contributed by atoms with Crippen molar-refractivity contribution in [3.63, 3.8) is 0 Å². The number of rotatable bonds is 8. The molecule has 0 heterocycles. The maximum atomic E-state index is 13.1. The van der Waals surface area contributed by atoms with Crippen LogP contribution in [0.15, 0.2) is 48.5 Å². The summed E-state index contributed by atoms with van der Waals surface area (Å²) in [6.45, 7) is 6.19. The van der Waals surface area contributed by atoms with Gasteiger partial charge in [-0.15, -0.1) is 0 Å². The molecular weight excluding hydrogens is 369 g/mol. The molecule has 3 rings (SSSR count). The fourth-order valence-electron chi connectivity index (χ4n) is 3.47. The first-order valence-corrected chi connectivity index (χ1v) is 10.1. The number of nitrogens with zero attached hydrogens (tertiary/aromatic N) is 1. The SMILES string of the molecule is CCN(CC)C(=O)c1ccc(CNC(=O)NCC2(c3ccc(F)cc3)CC2)cc1. The maximum absolute atomic E-state index is 13.1. The second-order valence-electron chi connectivity index (χ2n) is 7.50. The third-order valence-corrected chi connectivity index (χ3v) is 5.60. The number of carbonyl (C=O) groups is 2. The van der Waals surface area contributed by atoms with Crippen LogP contribution in [0.5, 0.6) is 0 Å². The van der Waals surface area contributed by atoms with Gasteiger partial charge in [0.25, 0.3) is 5.91 Å². The van der Waals surface area contributed by atoms with Crippen molar-refractivity contribution >= 4 is 11.9 Å². The molecule has 1 aliphatic carbocycles. The minimum atomic E-state index is -0.250. The van der Waals surface area contributed by atoms with E-state index in [1.54, 1.807) is 29.2 Å². The van der Waals surface area contributed by atoms with Gasteiger partial charge in [-0.3, -0.25) is 4.79 Å². The van der Waals surface area contributed by atoms with E-state index >= 15 is 0 Å². The summed E-state index contributed by atoms with van der Waals surface area (Å²) < 4.78 is 13.1. The van der Waals surface area contributed by atoms with E-state index in [1.165, 1.54) is 12.1 Å². The van der Waals surface area contributed by atoms with Gasteiger partial charge in [-0.25, -0.2) is 9.18 Å². The first kappa shape index (κ1) is 20.8. The van der Waals surface area contributed by atoms with Crippen LogP contribution in [0.1, 0.15) is 48.2 Å². The Labute approximate surface area is 171 Å². The van der Waals surface area contributed by atoms with Crippen LogP contribution in [0.3, 0.4) is 0 Å². The average Bonchev–Trinajstić information content (AvgIpc) is 3.53. The lowest BCUT2D eigenvalue weighted by atomic mass is 9.96. The van der Waals surface area contributed by atoms with Gasteiger partial charge in [0.05, 0.1) is 0 Å². The molecule has 0 radical (unpaired) electrons. The van der Waals surface area contributed by atoms with Crippen LogP contribution in [-0.4, -0.2) is 36.5 Å². The lowest BCUT2D eigenvalue weighted by Gasteiger charge is -2.19. The molecule has 0 atom stereocenters. The molecule has 154 valence electrons. The van der Waals surface area contributed by atoms with E-state index < -0.39 is 0 Å². The topological polar surface area (TPSA) is 61.4 Å². The van der Waals surface area contributed by atoms with E-state index in [0.29, 0.717) is 31.7 Å². The number of hydrogen-bond donors (Lipinski definition) is 2. The molecule has 6 heteroatoms. The van der Waals surface area contributed by atoms with Gasteiger partial charge in [0.2, 0.25) is 0 Å². The summed E-state index contributed by atoms with van der Waals surface area (Å²) in [5, 5.41) is 5.77. The zero-order valence-corrected chi connectivity index (χ0v) is 17.0. The quantitative estimate of drug-likeness (QED) is 0.711. The van der Waals surface area contributed by atoms with Gasteiger partial charge in [-0.1, -0.05) is 24.3 Å². The normalized spacial score (nSPS) is 14.2. The molecular formula is C23H28FN3O2. The summed E-state index contributed by atoms with van der Waals surface area (Å²) in [7, 11) is 0. The lowest BCUT2D eigenvalue weighted by molar-refractivity contribution is 0.0773. The van der Waals surface area contributed by atoms with Gasteiger partial charge >= 0.3 is 6.03 Å². The zero-order chi connectivity index (χ0) is 20.9. The van der Waals surface area contributed by atoms with E-state index in [2.05, 4.69) is 10.6 Å². The smallest absolute Gasteiger partial charge is 0.315 e. The van der Waals surface area contributed by atoms with Crippen molar-refractivity contribution in [3.05, 3.63) is 71.0 Å². The van der Waals surface area contributed by atoms with Crippen molar-refractivity contribution in [3.8, 4) is 0 Å². The van der Waals surface area contributed by atoms with Crippen LogP contribution in [0.2, 0.25) is 0 Å².